The van der Waals surface area contributed by atoms with E-state index in [4.69, 9.17) is 14.6 Å². The van der Waals surface area contributed by atoms with Gasteiger partial charge < -0.3 is 14.6 Å². The molecule has 1 unspecified atom stereocenters. The van der Waals surface area contributed by atoms with Crippen LogP contribution in [0.4, 0.5) is 0 Å². The zero-order valence-electron chi connectivity index (χ0n) is 16.5. The lowest BCUT2D eigenvalue weighted by Crippen LogP contribution is -2.21. The number of benzene rings is 1. The second-order valence-corrected chi connectivity index (χ2v) is 7.85. The van der Waals surface area contributed by atoms with Crippen LogP contribution in [0.15, 0.2) is 35.5 Å². The van der Waals surface area contributed by atoms with Crippen LogP contribution in [0, 0.1) is 5.92 Å². The highest BCUT2D eigenvalue weighted by Crippen LogP contribution is 2.36. The lowest BCUT2D eigenvalue weighted by molar-refractivity contribution is 0.0696. The van der Waals surface area contributed by atoms with Crippen LogP contribution < -0.4 is 9.47 Å². The number of hydrogen-bond acceptors (Lipinski definition) is 6. The monoisotopic (exact) mass is 402 g/mol. The number of methoxy groups -OCH3 is 2. The molecule has 0 radical (unpaired) electrons. The summed E-state index contributed by atoms with van der Waals surface area (Å²) in [6, 6.07) is 5.83. The molecule has 150 valence electrons. The predicted octanol–water partition coefficient (Wildman–Crippen LogP) is 3.58. The van der Waals surface area contributed by atoms with E-state index in [1.807, 2.05) is 12.3 Å². The minimum Gasteiger partial charge on any atom is -0.496 e. The van der Waals surface area contributed by atoms with E-state index in [0.717, 1.165) is 60.0 Å². The molecule has 1 fully saturated rings. The Hall–Kier alpha value is -2.25. The Bertz CT molecular complexity index is 843. The van der Waals surface area contributed by atoms with E-state index < -0.39 is 5.97 Å². The van der Waals surface area contributed by atoms with Gasteiger partial charge in [-0.15, -0.1) is 11.8 Å². The van der Waals surface area contributed by atoms with Crippen molar-refractivity contribution in [3.05, 3.63) is 47.3 Å². The summed E-state index contributed by atoms with van der Waals surface area (Å²) in [5.41, 5.74) is 2.35. The highest BCUT2D eigenvalue weighted by atomic mass is 32.2. The quantitative estimate of drug-likeness (QED) is 0.677. The molecule has 0 bridgehead atoms. The first kappa shape index (κ1) is 20.5. The van der Waals surface area contributed by atoms with E-state index in [0.29, 0.717) is 5.92 Å². The maximum atomic E-state index is 11.1. The number of nitrogens with zero attached hydrogens (tertiary/aromatic N) is 2. The smallest absolute Gasteiger partial charge is 0.337 e. The van der Waals surface area contributed by atoms with Crippen molar-refractivity contribution in [2.45, 2.75) is 24.3 Å². The van der Waals surface area contributed by atoms with Crippen LogP contribution in [0.3, 0.4) is 0 Å². The first-order valence-corrected chi connectivity index (χ1v) is 10.4. The van der Waals surface area contributed by atoms with Gasteiger partial charge in [0.25, 0.3) is 0 Å². The van der Waals surface area contributed by atoms with E-state index in [-0.39, 0.29) is 5.56 Å². The Morgan fingerprint density at radius 1 is 1.25 bits per heavy atom. The Labute approximate surface area is 169 Å². The second kappa shape index (κ2) is 9.30. The number of carbonyl (C=O) groups is 1. The molecule has 0 aliphatic carbocycles. The summed E-state index contributed by atoms with van der Waals surface area (Å²) in [6.45, 7) is 2.78. The average molecular weight is 403 g/mol. The molecule has 2 heterocycles. The number of likely N-dealkylation sites (tertiary alicyclic amines) is 1. The summed E-state index contributed by atoms with van der Waals surface area (Å²) in [5, 5.41) is 9.13. The van der Waals surface area contributed by atoms with Crippen LogP contribution in [0.5, 0.6) is 11.5 Å². The number of ether oxygens (including phenoxy) is 2. The molecular weight excluding hydrogens is 376 g/mol. The van der Waals surface area contributed by atoms with E-state index in [1.165, 1.54) is 6.20 Å². The van der Waals surface area contributed by atoms with E-state index in [9.17, 15) is 4.79 Å². The number of carboxylic acids is 1. The van der Waals surface area contributed by atoms with Gasteiger partial charge in [-0.2, -0.15) is 0 Å². The minimum absolute atomic E-state index is 0.248. The Morgan fingerprint density at radius 3 is 2.71 bits per heavy atom. The number of carboxylic acid groups (broad SMARTS) is 1. The summed E-state index contributed by atoms with van der Waals surface area (Å²) in [5.74, 6) is 1.31. The van der Waals surface area contributed by atoms with E-state index in [1.54, 1.807) is 38.2 Å². The van der Waals surface area contributed by atoms with E-state index >= 15 is 0 Å². The molecule has 7 heteroatoms. The van der Waals surface area contributed by atoms with Gasteiger partial charge in [-0.1, -0.05) is 0 Å². The fourth-order valence-electron chi connectivity index (χ4n) is 3.73. The lowest BCUT2D eigenvalue weighted by Gasteiger charge is -2.20. The number of aromatic nitrogens is 1. The van der Waals surface area contributed by atoms with Crippen molar-refractivity contribution in [1.82, 2.24) is 9.88 Å². The third kappa shape index (κ3) is 4.77. The maximum Gasteiger partial charge on any atom is 0.337 e. The Balaban J connectivity index is 1.66. The highest BCUT2D eigenvalue weighted by molar-refractivity contribution is 7.98. The number of aromatic carboxylic acids is 1. The molecule has 1 aromatic heterocycles. The van der Waals surface area contributed by atoms with Crippen LogP contribution in [-0.2, 0) is 13.0 Å². The number of hydrogen-bond donors (Lipinski definition) is 1. The van der Waals surface area contributed by atoms with Gasteiger partial charge in [0.1, 0.15) is 11.5 Å². The second-order valence-electron chi connectivity index (χ2n) is 7.00. The molecule has 1 aliphatic heterocycles. The molecule has 1 saturated heterocycles. The molecule has 0 spiro atoms. The molecule has 6 nitrogen and oxygen atoms in total. The van der Waals surface area contributed by atoms with Crippen LogP contribution in [-0.4, -0.2) is 54.5 Å². The third-order valence-electron chi connectivity index (χ3n) is 5.12. The molecule has 1 N–H and O–H groups in total. The van der Waals surface area contributed by atoms with Crippen molar-refractivity contribution in [2.24, 2.45) is 5.92 Å². The molecular formula is C21H26N2O4S. The number of rotatable bonds is 8. The van der Waals surface area contributed by atoms with Gasteiger partial charge >= 0.3 is 5.97 Å². The van der Waals surface area contributed by atoms with Crippen molar-refractivity contribution in [2.75, 3.05) is 33.6 Å². The molecule has 1 aliphatic rings. The molecule has 28 heavy (non-hydrogen) atoms. The largest absolute Gasteiger partial charge is 0.496 e. The van der Waals surface area contributed by atoms with Crippen LogP contribution in [0.2, 0.25) is 0 Å². The topological polar surface area (TPSA) is 71.9 Å². The molecule has 3 rings (SSSR count). The normalized spacial score (nSPS) is 16.9. The SMILES string of the molecule is COc1cc(SC)c(OC)cc1CN1CCC(Cc2cncc(C(=O)O)c2)C1. The van der Waals surface area contributed by atoms with Gasteiger partial charge in [0, 0.05) is 31.0 Å². The van der Waals surface area contributed by atoms with Crippen molar-refractivity contribution >= 4 is 17.7 Å². The Kier molecular flexibility index (Phi) is 6.80. The fourth-order valence-corrected chi connectivity index (χ4v) is 4.30. The van der Waals surface area contributed by atoms with Crippen LogP contribution in [0.1, 0.15) is 27.9 Å². The zero-order valence-corrected chi connectivity index (χ0v) is 17.3. The van der Waals surface area contributed by atoms with Crippen molar-refractivity contribution in [3.8, 4) is 11.5 Å². The average Bonchev–Trinajstić information content (AvgIpc) is 3.14. The molecule has 0 saturated carbocycles. The van der Waals surface area contributed by atoms with Gasteiger partial charge in [0.15, 0.2) is 0 Å². The van der Waals surface area contributed by atoms with Gasteiger partial charge in [-0.3, -0.25) is 9.88 Å². The van der Waals surface area contributed by atoms with Crippen molar-refractivity contribution < 1.29 is 19.4 Å². The van der Waals surface area contributed by atoms with Gasteiger partial charge in [-0.05, 0) is 55.3 Å². The van der Waals surface area contributed by atoms with Gasteiger partial charge in [0.05, 0.1) is 24.7 Å². The first-order chi connectivity index (χ1) is 13.5. The van der Waals surface area contributed by atoms with Gasteiger partial charge in [-0.25, -0.2) is 4.79 Å². The molecule has 0 amide bonds. The zero-order chi connectivity index (χ0) is 20.1. The summed E-state index contributed by atoms with van der Waals surface area (Å²) >= 11 is 1.64. The first-order valence-electron chi connectivity index (χ1n) is 9.22. The minimum atomic E-state index is -0.933. The van der Waals surface area contributed by atoms with E-state index in [2.05, 4.69) is 16.0 Å². The third-order valence-corrected chi connectivity index (χ3v) is 5.88. The van der Waals surface area contributed by atoms with Crippen LogP contribution in [0.25, 0.3) is 0 Å². The summed E-state index contributed by atoms with van der Waals surface area (Å²) < 4.78 is 11.1. The summed E-state index contributed by atoms with van der Waals surface area (Å²) in [4.78, 5) is 18.7. The molecule has 1 aromatic carbocycles. The summed E-state index contributed by atoms with van der Waals surface area (Å²) in [7, 11) is 3.39. The number of thioether (sulfide) groups is 1. The summed E-state index contributed by atoms with van der Waals surface area (Å²) in [6.07, 6.45) is 7.11. The standard InChI is InChI=1S/C21H26N2O4S/c1-26-18-9-20(28-3)19(27-2)8-17(18)13-23-5-4-14(12-23)6-15-7-16(21(24)25)11-22-10-15/h7-11,14H,4-6,12-13H2,1-3H3,(H,24,25). The van der Waals surface area contributed by atoms with Gasteiger partial charge in [0.2, 0.25) is 0 Å². The van der Waals surface area contributed by atoms with Crippen molar-refractivity contribution in [3.63, 3.8) is 0 Å². The lowest BCUT2D eigenvalue weighted by atomic mass is 9.99. The van der Waals surface area contributed by atoms with Crippen molar-refractivity contribution in [1.29, 1.82) is 0 Å². The Morgan fingerprint density at radius 2 is 2.04 bits per heavy atom. The fraction of sp³-hybridized carbons (Fsp3) is 0.429. The molecule has 2 aromatic rings. The molecule has 1 atom stereocenters. The van der Waals surface area contributed by atoms with Crippen LogP contribution >= 0.6 is 11.8 Å². The maximum absolute atomic E-state index is 11.1. The number of pyridine rings is 1. The highest BCUT2D eigenvalue weighted by Gasteiger charge is 2.24. The predicted molar refractivity (Wildman–Crippen MR) is 110 cm³/mol.